The van der Waals surface area contributed by atoms with E-state index in [1.807, 2.05) is 60.7 Å². The summed E-state index contributed by atoms with van der Waals surface area (Å²) in [6, 6.07) is 20.8. The first kappa shape index (κ1) is 20.0. The fraction of sp³-hybridized carbons (Fsp3) is 0.190. The number of nitrogens with two attached hydrogens (primary N) is 1. The summed E-state index contributed by atoms with van der Waals surface area (Å²) >= 11 is 0. The molecular weight excluding hydrogens is 376 g/mol. The van der Waals surface area contributed by atoms with Gasteiger partial charge in [0.15, 0.2) is 0 Å². The lowest BCUT2D eigenvalue weighted by Crippen LogP contribution is -2.46. The first-order valence-electron chi connectivity index (χ1n) is 8.89. The summed E-state index contributed by atoms with van der Waals surface area (Å²) < 4.78 is 25.4. The number of amides is 1. The molecule has 0 radical (unpaired) electrons. The molecule has 3 aromatic rings. The highest BCUT2D eigenvalue weighted by molar-refractivity contribution is 7.88. The molecule has 3 N–H and O–H groups in total. The maximum absolute atomic E-state index is 12.7. The highest BCUT2D eigenvalue weighted by atomic mass is 32.2. The van der Waals surface area contributed by atoms with Gasteiger partial charge >= 0.3 is 0 Å². The molecule has 0 fully saturated rings. The fourth-order valence-corrected chi connectivity index (χ4v) is 4.44. The molecule has 0 saturated carbocycles. The Kier molecular flexibility index (Phi) is 6.08. The van der Waals surface area contributed by atoms with Crippen molar-refractivity contribution in [2.75, 3.05) is 0 Å². The van der Waals surface area contributed by atoms with Gasteiger partial charge in [-0.05, 0) is 34.7 Å². The third kappa shape index (κ3) is 4.75. The lowest BCUT2D eigenvalue weighted by molar-refractivity contribution is -0.131. The average Bonchev–Trinajstić information content (AvgIpc) is 2.68. The SMILES string of the molecule is NC(=O)[C@@H](CCc1ccccc1)N(O)S(=O)(=O)Cc1ccc2ccccc2c1. The van der Waals surface area contributed by atoms with Crippen LogP contribution in [0.1, 0.15) is 17.5 Å². The Morgan fingerprint density at radius 1 is 0.929 bits per heavy atom. The Labute approximate surface area is 164 Å². The van der Waals surface area contributed by atoms with Gasteiger partial charge in [0.25, 0.3) is 0 Å². The highest BCUT2D eigenvalue weighted by Gasteiger charge is 2.32. The second-order valence-electron chi connectivity index (χ2n) is 6.65. The van der Waals surface area contributed by atoms with Crippen LogP contribution in [0.5, 0.6) is 0 Å². The summed E-state index contributed by atoms with van der Waals surface area (Å²) in [6.45, 7) is 0. The number of carbonyl (C=O) groups excluding carboxylic acids is 1. The van der Waals surface area contributed by atoms with Crippen molar-refractivity contribution in [2.24, 2.45) is 5.73 Å². The minimum Gasteiger partial charge on any atom is -0.368 e. The smallest absolute Gasteiger partial charge is 0.240 e. The number of hydroxylamine groups is 1. The first-order chi connectivity index (χ1) is 13.4. The molecule has 28 heavy (non-hydrogen) atoms. The molecule has 0 aliphatic heterocycles. The van der Waals surface area contributed by atoms with Gasteiger partial charge in [-0.25, -0.2) is 8.42 Å². The first-order valence-corrected chi connectivity index (χ1v) is 10.5. The predicted molar refractivity (Wildman–Crippen MR) is 108 cm³/mol. The van der Waals surface area contributed by atoms with Gasteiger partial charge < -0.3 is 5.73 Å². The third-order valence-corrected chi connectivity index (χ3v) is 6.11. The molecule has 0 saturated heterocycles. The van der Waals surface area contributed by atoms with Crippen LogP contribution >= 0.6 is 0 Å². The molecule has 3 rings (SSSR count). The summed E-state index contributed by atoms with van der Waals surface area (Å²) in [7, 11) is -4.14. The Morgan fingerprint density at radius 2 is 1.57 bits per heavy atom. The Bertz CT molecular complexity index is 1070. The van der Waals surface area contributed by atoms with Crippen molar-refractivity contribution >= 4 is 26.7 Å². The maximum atomic E-state index is 12.7. The highest BCUT2D eigenvalue weighted by Crippen LogP contribution is 2.20. The molecule has 3 aromatic carbocycles. The number of benzene rings is 3. The standard InChI is InChI=1S/C21H22N2O4S/c22-21(24)20(13-11-16-6-2-1-3-7-16)23(25)28(26,27)15-17-10-12-18-8-4-5-9-19(18)14-17/h1-10,12,14,20,25H,11,13,15H2,(H2,22,24)/t20-/m1/s1. The number of primary amides is 1. The predicted octanol–water partition coefficient (Wildman–Crippen LogP) is 2.85. The molecule has 0 aliphatic rings. The second kappa shape index (κ2) is 8.52. The molecule has 1 atom stereocenters. The van der Waals surface area contributed by atoms with Crippen molar-refractivity contribution in [3.8, 4) is 0 Å². The zero-order valence-electron chi connectivity index (χ0n) is 15.2. The van der Waals surface area contributed by atoms with Gasteiger partial charge in [0.05, 0.1) is 5.75 Å². The fourth-order valence-electron chi connectivity index (χ4n) is 3.11. The van der Waals surface area contributed by atoms with Crippen LogP contribution < -0.4 is 5.73 Å². The third-order valence-electron chi connectivity index (χ3n) is 4.59. The van der Waals surface area contributed by atoms with E-state index in [9.17, 15) is 18.4 Å². The number of fused-ring (bicyclic) bond motifs is 1. The largest absolute Gasteiger partial charge is 0.368 e. The van der Waals surface area contributed by atoms with E-state index in [1.54, 1.807) is 12.1 Å². The van der Waals surface area contributed by atoms with Crippen LogP contribution in [0.25, 0.3) is 10.8 Å². The van der Waals surface area contributed by atoms with Gasteiger partial charge in [-0.1, -0.05) is 77.3 Å². The lowest BCUT2D eigenvalue weighted by Gasteiger charge is -2.23. The zero-order chi connectivity index (χ0) is 20.1. The van der Waals surface area contributed by atoms with Crippen molar-refractivity contribution in [1.29, 1.82) is 0 Å². The molecule has 0 unspecified atom stereocenters. The van der Waals surface area contributed by atoms with Crippen molar-refractivity contribution in [2.45, 2.75) is 24.6 Å². The number of nitrogens with zero attached hydrogens (tertiary/aromatic N) is 1. The van der Waals surface area contributed by atoms with Crippen LogP contribution in [0.4, 0.5) is 0 Å². The minimum absolute atomic E-state index is 0.0901. The number of hydrogen-bond donors (Lipinski definition) is 2. The van der Waals surface area contributed by atoms with E-state index in [2.05, 4.69) is 0 Å². The summed E-state index contributed by atoms with van der Waals surface area (Å²) in [6.07, 6.45) is 0.504. The molecule has 1 amide bonds. The molecule has 0 spiro atoms. The number of aryl methyl sites for hydroxylation is 1. The van der Waals surface area contributed by atoms with E-state index in [0.29, 0.717) is 12.0 Å². The van der Waals surface area contributed by atoms with E-state index >= 15 is 0 Å². The van der Waals surface area contributed by atoms with Crippen LogP contribution in [-0.4, -0.2) is 30.0 Å². The van der Waals surface area contributed by atoms with E-state index in [1.165, 1.54) is 0 Å². The number of rotatable bonds is 8. The second-order valence-corrected chi connectivity index (χ2v) is 8.48. The van der Waals surface area contributed by atoms with Crippen LogP contribution in [0.3, 0.4) is 0 Å². The number of carbonyl (C=O) groups is 1. The Morgan fingerprint density at radius 3 is 2.25 bits per heavy atom. The van der Waals surface area contributed by atoms with Gasteiger partial charge in [-0.3, -0.25) is 10.0 Å². The van der Waals surface area contributed by atoms with Crippen LogP contribution in [-0.2, 0) is 27.0 Å². The lowest BCUT2D eigenvalue weighted by atomic mass is 10.1. The summed E-state index contributed by atoms with van der Waals surface area (Å²) in [4.78, 5) is 11.8. The average molecular weight is 398 g/mol. The molecule has 0 aliphatic carbocycles. The van der Waals surface area contributed by atoms with Crippen LogP contribution in [0, 0.1) is 0 Å². The normalized spacial score (nSPS) is 12.9. The molecule has 146 valence electrons. The molecule has 6 nitrogen and oxygen atoms in total. The summed E-state index contributed by atoms with van der Waals surface area (Å²) in [5.74, 6) is -1.32. The molecule has 0 bridgehead atoms. The van der Waals surface area contributed by atoms with E-state index < -0.39 is 27.7 Å². The van der Waals surface area contributed by atoms with Gasteiger partial charge in [0.2, 0.25) is 15.9 Å². The molecule has 0 heterocycles. The number of hydrogen-bond acceptors (Lipinski definition) is 4. The van der Waals surface area contributed by atoms with E-state index in [4.69, 9.17) is 5.73 Å². The van der Waals surface area contributed by atoms with Crippen molar-refractivity contribution in [1.82, 2.24) is 4.47 Å². The quantitative estimate of drug-likeness (QED) is 0.570. The van der Waals surface area contributed by atoms with Crippen molar-refractivity contribution in [3.05, 3.63) is 83.9 Å². The Hall–Kier alpha value is -2.74. The molecular formula is C21H22N2O4S. The Balaban J connectivity index is 1.76. The summed E-state index contributed by atoms with van der Waals surface area (Å²) in [5.41, 5.74) is 6.80. The summed E-state index contributed by atoms with van der Waals surface area (Å²) in [5, 5.41) is 12.2. The van der Waals surface area contributed by atoms with Gasteiger partial charge in [-0.15, -0.1) is 0 Å². The zero-order valence-corrected chi connectivity index (χ0v) is 16.0. The van der Waals surface area contributed by atoms with E-state index in [0.717, 1.165) is 16.3 Å². The minimum atomic E-state index is -4.14. The van der Waals surface area contributed by atoms with Gasteiger partial charge in [0.1, 0.15) is 6.04 Å². The number of sulfonamides is 1. The van der Waals surface area contributed by atoms with Crippen LogP contribution in [0.15, 0.2) is 72.8 Å². The maximum Gasteiger partial charge on any atom is 0.240 e. The topological polar surface area (TPSA) is 101 Å². The molecule has 0 aromatic heterocycles. The van der Waals surface area contributed by atoms with Crippen molar-refractivity contribution < 1.29 is 18.4 Å². The molecule has 7 heteroatoms. The van der Waals surface area contributed by atoms with Gasteiger partial charge in [0, 0.05) is 0 Å². The van der Waals surface area contributed by atoms with Gasteiger partial charge in [-0.2, -0.15) is 0 Å². The van der Waals surface area contributed by atoms with E-state index in [-0.39, 0.29) is 10.9 Å². The van der Waals surface area contributed by atoms with Crippen molar-refractivity contribution in [3.63, 3.8) is 0 Å². The monoisotopic (exact) mass is 398 g/mol. The van der Waals surface area contributed by atoms with Crippen LogP contribution in [0.2, 0.25) is 0 Å².